The molecule has 0 aliphatic carbocycles. The molecule has 2 rings (SSSR count). The van der Waals surface area contributed by atoms with Gasteiger partial charge in [-0.25, -0.2) is 8.42 Å². The molecule has 0 aromatic heterocycles. The van der Waals surface area contributed by atoms with Crippen molar-refractivity contribution in [3.05, 3.63) is 58.1 Å². The molecule has 0 amide bonds. The average Bonchev–Trinajstić information content (AvgIpc) is 2.68. The van der Waals surface area contributed by atoms with Crippen molar-refractivity contribution in [1.82, 2.24) is 4.72 Å². The summed E-state index contributed by atoms with van der Waals surface area (Å²) in [7, 11) is -3.98. The van der Waals surface area contributed by atoms with Crippen LogP contribution < -0.4 is 9.46 Å². The van der Waals surface area contributed by atoms with Crippen LogP contribution in [0.15, 0.2) is 51.8 Å². The Labute approximate surface area is 176 Å². The number of ether oxygens (including phenoxy) is 1. The molecule has 29 heavy (non-hydrogen) atoms. The number of carbonyl (C=O) groups is 2. The Morgan fingerprint density at radius 2 is 1.86 bits per heavy atom. The molecule has 2 aromatic rings. The van der Waals surface area contributed by atoms with E-state index in [0.717, 1.165) is 0 Å². The SMILES string of the molecule is CCOc1cc(/C=C/C(=O)c2ccc(S(=O)(=O)NCC(=O)O)cc2)cc(Br)c1O. The standard InChI is InChI=1S/C19H18BrNO7S/c1-2-28-17-10-12(9-15(20)19(17)25)3-8-16(22)13-4-6-14(7-5-13)29(26,27)21-11-18(23)24/h3-10,21,25H,2,11H2,1H3,(H,23,24)/b8-3+. The molecule has 0 saturated heterocycles. The molecule has 0 spiro atoms. The van der Waals surface area contributed by atoms with Gasteiger partial charge in [-0.15, -0.1) is 0 Å². The van der Waals surface area contributed by atoms with E-state index in [1.54, 1.807) is 19.1 Å². The Balaban J connectivity index is 2.16. The number of phenolic OH excluding ortho intramolecular Hbond substituents is 1. The highest BCUT2D eigenvalue weighted by Gasteiger charge is 2.15. The van der Waals surface area contributed by atoms with Crippen LogP contribution in [-0.4, -0.2) is 43.5 Å². The van der Waals surface area contributed by atoms with Crippen molar-refractivity contribution >= 4 is 43.8 Å². The molecule has 0 atom stereocenters. The third kappa shape index (κ3) is 6.14. The first-order chi connectivity index (χ1) is 13.6. The largest absolute Gasteiger partial charge is 0.503 e. The number of halogens is 1. The second-order valence-corrected chi connectivity index (χ2v) is 8.34. The minimum atomic E-state index is -3.98. The van der Waals surface area contributed by atoms with E-state index in [2.05, 4.69) is 15.9 Å². The number of allylic oxidation sites excluding steroid dienone is 1. The highest BCUT2D eigenvalue weighted by Crippen LogP contribution is 2.35. The first-order valence-corrected chi connectivity index (χ1v) is 10.6. The smallest absolute Gasteiger partial charge is 0.318 e. The van der Waals surface area contributed by atoms with Crippen molar-refractivity contribution in [2.75, 3.05) is 13.2 Å². The van der Waals surface area contributed by atoms with Crippen molar-refractivity contribution < 1.29 is 33.0 Å². The number of hydrogen-bond donors (Lipinski definition) is 3. The van der Waals surface area contributed by atoms with E-state index >= 15 is 0 Å². The van der Waals surface area contributed by atoms with Crippen LogP contribution >= 0.6 is 15.9 Å². The molecule has 0 fully saturated rings. The highest BCUT2D eigenvalue weighted by molar-refractivity contribution is 9.10. The van der Waals surface area contributed by atoms with E-state index < -0.39 is 22.5 Å². The average molecular weight is 484 g/mol. The summed E-state index contributed by atoms with van der Waals surface area (Å²) in [4.78, 5) is 22.7. The lowest BCUT2D eigenvalue weighted by atomic mass is 10.1. The minimum absolute atomic E-state index is 0.0383. The van der Waals surface area contributed by atoms with E-state index in [-0.39, 0.29) is 27.7 Å². The number of hydrogen-bond acceptors (Lipinski definition) is 6. The summed E-state index contributed by atoms with van der Waals surface area (Å²) in [6.07, 6.45) is 2.84. The number of benzene rings is 2. The molecule has 3 N–H and O–H groups in total. The van der Waals surface area contributed by atoms with Gasteiger partial charge in [0.05, 0.1) is 16.0 Å². The molecular weight excluding hydrogens is 466 g/mol. The summed E-state index contributed by atoms with van der Waals surface area (Å²) in [5, 5.41) is 18.5. The lowest BCUT2D eigenvalue weighted by Crippen LogP contribution is -2.29. The Bertz CT molecular complexity index is 1050. The van der Waals surface area contributed by atoms with Gasteiger partial charge >= 0.3 is 5.97 Å². The summed E-state index contributed by atoms with van der Waals surface area (Å²) in [6.45, 7) is 1.40. The summed E-state index contributed by atoms with van der Waals surface area (Å²) in [5.74, 6) is -1.44. The molecule has 0 aliphatic heterocycles. The predicted octanol–water partition coefficient (Wildman–Crippen LogP) is 2.81. The molecule has 154 valence electrons. The first kappa shape index (κ1) is 22.6. The second kappa shape index (κ2) is 9.68. The molecule has 0 radical (unpaired) electrons. The van der Waals surface area contributed by atoms with Crippen LogP contribution in [0, 0.1) is 0 Å². The fourth-order valence-electron chi connectivity index (χ4n) is 2.26. The number of ketones is 1. The third-order valence-corrected chi connectivity index (χ3v) is 5.66. The molecule has 0 heterocycles. The number of aliphatic carboxylic acids is 1. The van der Waals surface area contributed by atoms with Crippen LogP contribution in [0.3, 0.4) is 0 Å². The molecule has 0 bridgehead atoms. The number of carboxylic acids is 1. The predicted molar refractivity (Wildman–Crippen MR) is 110 cm³/mol. The summed E-state index contributed by atoms with van der Waals surface area (Å²) in [6, 6.07) is 8.30. The van der Waals surface area contributed by atoms with Crippen molar-refractivity contribution in [3.63, 3.8) is 0 Å². The highest BCUT2D eigenvalue weighted by atomic mass is 79.9. The van der Waals surface area contributed by atoms with Gasteiger partial charge in [-0.1, -0.05) is 6.08 Å². The van der Waals surface area contributed by atoms with Gasteiger partial charge in [-0.2, -0.15) is 4.72 Å². The van der Waals surface area contributed by atoms with E-state index in [1.807, 2.05) is 4.72 Å². The lowest BCUT2D eigenvalue weighted by molar-refractivity contribution is -0.135. The van der Waals surface area contributed by atoms with Gasteiger partial charge in [-0.05, 0) is 70.9 Å². The number of carbonyl (C=O) groups excluding carboxylic acids is 1. The van der Waals surface area contributed by atoms with Crippen molar-refractivity contribution in [1.29, 1.82) is 0 Å². The molecule has 2 aromatic carbocycles. The zero-order valence-corrected chi connectivity index (χ0v) is 17.7. The van der Waals surface area contributed by atoms with Gasteiger partial charge in [0.25, 0.3) is 0 Å². The van der Waals surface area contributed by atoms with Gasteiger partial charge < -0.3 is 14.9 Å². The number of carboxylic acid groups (broad SMARTS) is 1. The molecule has 0 saturated carbocycles. The number of phenols is 1. The van der Waals surface area contributed by atoms with Gasteiger partial charge in [0.15, 0.2) is 17.3 Å². The number of rotatable bonds is 9. The van der Waals surface area contributed by atoms with Gasteiger partial charge in [0, 0.05) is 5.56 Å². The molecule has 0 aliphatic rings. The van der Waals surface area contributed by atoms with Crippen LogP contribution in [0.4, 0.5) is 0 Å². The van der Waals surface area contributed by atoms with E-state index in [0.29, 0.717) is 16.6 Å². The van der Waals surface area contributed by atoms with Crippen molar-refractivity contribution in [3.8, 4) is 11.5 Å². The number of aromatic hydroxyl groups is 1. The van der Waals surface area contributed by atoms with Crippen molar-refractivity contribution in [2.45, 2.75) is 11.8 Å². The fraction of sp³-hybridized carbons (Fsp3) is 0.158. The second-order valence-electron chi connectivity index (χ2n) is 5.72. The van der Waals surface area contributed by atoms with E-state index in [4.69, 9.17) is 9.84 Å². The van der Waals surface area contributed by atoms with Gasteiger partial charge in [0.2, 0.25) is 10.0 Å². The Kier molecular flexibility index (Phi) is 7.54. The maximum atomic E-state index is 12.3. The van der Waals surface area contributed by atoms with E-state index in [1.165, 1.54) is 36.4 Å². The van der Waals surface area contributed by atoms with Crippen LogP contribution in [0.2, 0.25) is 0 Å². The van der Waals surface area contributed by atoms with Crippen LogP contribution in [0.5, 0.6) is 11.5 Å². The van der Waals surface area contributed by atoms with Crippen LogP contribution in [0.1, 0.15) is 22.8 Å². The Morgan fingerprint density at radius 3 is 2.45 bits per heavy atom. The summed E-state index contributed by atoms with van der Waals surface area (Å²) >= 11 is 3.22. The lowest BCUT2D eigenvalue weighted by Gasteiger charge is -2.08. The first-order valence-electron chi connectivity index (χ1n) is 8.33. The fourth-order valence-corrected chi connectivity index (χ4v) is 3.70. The normalized spacial score (nSPS) is 11.5. The van der Waals surface area contributed by atoms with Crippen LogP contribution in [-0.2, 0) is 14.8 Å². The minimum Gasteiger partial charge on any atom is -0.503 e. The summed E-state index contributed by atoms with van der Waals surface area (Å²) < 4.78 is 31.6. The van der Waals surface area contributed by atoms with Crippen molar-refractivity contribution in [2.24, 2.45) is 0 Å². The Morgan fingerprint density at radius 1 is 1.21 bits per heavy atom. The topological polar surface area (TPSA) is 130 Å². The van der Waals surface area contributed by atoms with E-state index in [9.17, 15) is 23.1 Å². The maximum Gasteiger partial charge on any atom is 0.318 e. The third-order valence-electron chi connectivity index (χ3n) is 3.64. The molecule has 10 heteroatoms. The zero-order valence-electron chi connectivity index (χ0n) is 15.3. The maximum absolute atomic E-state index is 12.3. The van der Waals surface area contributed by atoms with Crippen LogP contribution in [0.25, 0.3) is 6.08 Å². The molecular formula is C19H18BrNO7S. The Hall–Kier alpha value is -2.69. The number of nitrogens with one attached hydrogen (secondary N) is 1. The van der Waals surface area contributed by atoms with Gasteiger partial charge in [0.1, 0.15) is 6.54 Å². The number of sulfonamides is 1. The quantitative estimate of drug-likeness (QED) is 0.369. The molecule has 8 nitrogen and oxygen atoms in total. The monoisotopic (exact) mass is 483 g/mol. The zero-order chi connectivity index (χ0) is 21.6. The summed E-state index contributed by atoms with van der Waals surface area (Å²) in [5.41, 5.74) is 0.866. The van der Waals surface area contributed by atoms with Gasteiger partial charge in [-0.3, -0.25) is 9.59 Å². The molecule has 0 unspecified atom stereocenters.